The summed E-state index contributed by atoms with van der Waals surface area (Å²) in [6.07, 6.45) is 5.57. The van der Waals surface area contributed by atoms with E-state index in [0.717, 1.165) is 25.7 Å². The van der Waals surface area contributed by atoms with Crippen LogP contribution in [0.15, 0.2) is 0 Å². The molecule has 1 aliphatic heterocycles. The minimum atomic E-state index is -0.0374. The topological polar surface area (TPSA) is 23.5 Å². The largest absolute Gasteiger partial charge is 0.313 e. The molecule has 0 aliphatic carbocycles. The van der Waals surface area contributed by atoms with Gasteiger partial charge in [-0.05, 0) is 46.0 Å². The van der Waals surface area contributed by atoms with Gasteiger partial charge >= 0.3 is 0 Å². The molecule has 0 atom stereocenters. The van der Waals surface area contributed by atoms with Crippen LogP contribution < -0.4 is 0 Å². The highest BCUT2D eigenvalue weighted by molar-refractivity contribution is 4.96. The van der Waals surface area contributed by atoms with Crippen LogP contribution in [0.25, 0.3) is 0 Å². The highest BCUT2D eigenvalue weighted by Gasteiger charge is 2.44. The summed E-state index contributed by atoms with van der Waals surface area (Å²) < 4.78 is 0. The lowest BCUT2D eigenvalue weighted by Gasteiger charge is -2.51. The second kappa shape index (κ2) is 3.58. The molecule has 0 saturated carbocycles. The van der Waals surface area contributed by atoms with Crippen LogP contribution in [0.4, 0.5) is 0 Å². The first kappa shape index (κ1) is 11.0. The molecule has 1 N–H and O–H groups in total. The third-order valence-electron chi connectivity index (χ3n) is 3.77. The van der Waals surface area contributed by atoms with Crippen LogP contribution in [0.1, 0.15) is 59.8 Å². The summed E-state index contributed by atoms with van der Waals surface area (Å²) in [4.78, 5) is 0. The maximum Gasteiger partial charge on any atom is 0.0461 e. The van der Waals surface area contributed by atoms with E-state index in [1.165, 1.54) is 6.42 Å². The summed E-state index contributed by atoms with van der Waals surface area (Å²) in [7, 11) is 0. The molecule has 0 aromatic rings. The molecule has 0 radical (unpaired) electrons. The quantitative estimate of drug-likeness (QED) is 0.714. The van der Waals surface area contributed by atoms with E-state index in [4.69, 9.17) is 0 Å². The summed E-state index contributed by atoms with van der Waals surface area (Å²) >= 11 is 0. The van der Waals surface area contributed by atoms with Crippen molar-refractivity contribution in [1.82, 2.24) is 5.06 Å². The van der Waals surface area contributed by atoms with Crippen molar-refractivity contribution in [2.45, 2.75) is 70.9 Å². The Kier molecular flexibility index (Phi) is 3.03. The van der Waals surface area contributed by atoms with Gasteiger partial charge in [-0.1, -0.05) is 13.8 Å². The van der Waals surface area contributed by atoms with Crippen molar-refractivity contribution in [1.29, 1.82) is 0 Å². The van der Waals surface area contributed by atoms with Crippen LogP contribution in [-0.2, 0) is 0 Å². The Bertz CT molecular complexity index is 173. The third-order valence-corrected chi connectivity index (χ3v) is 3.77. The summed E-state index contributed by atoms with van der Waals surface area (Å²) in [5.74, 6) is 0. The van der Waals surface area contributed by atoms with E-state index in [1.807, 2.05) is 0 Å². The first-order valence-electron chi connectivity index (χ1n) is 5.48. The van der Waals surface area contributed by atoms with Crippen LogP contribution >= 0.6 is 0 Å². The smallest absolute Gasteiger partial charge is 0.0461 e. The maximum atomic E-state index is 10.2. The summed E-state index contributed by atoms with van der Waals surface area (Å²) in [6.45, 7) is 8.61. The zero-order valence-corrected chi connectivity index (χ0v) is 9.43. The molecule has 1 rings (SSSR count). The molecule has 0 aromatic carbocycles. The number of hydrogen-bond donors (Lipinski definition) is 1. The van der Waals surface area contributed by atoms with Crippen molar-refractivity contribution in [2.75, 3.05) is 0 Å². The van der Waals surface area contributed by atoms with Gasteiger partial charge in [0.15, 0.2) is 0 Å². The van der Waals surface area contributed by atoms with Crippen molar-refractivity contribution < 1.29 is 5.21 Å². The van der Waals surface area contributed by atoms with Gasteiger partial charge in [-0.2, -0.15) is 5.06 Å². The Morgan fingerprint density at radius 3 is 2.08 bits per heavy atom. The molecule has 0 unspecified atom stereocenters. The van der Waals surface area contributed by atoms with Crippen molar-refractivity contribution in [3.8, 4) is 0 Å². The van der Waals surface area contributed by atoms with Crippen LogP contribution in [-0.4, -0.2) is 21.3 Å². The Morgan fingerprint density at radius 1 is 1.15 bits per heavy atom. The van der Waals surface area contributed by atoms with Gasteiger partial charge in [0.05, 0.1) is 0 Å². The minimum absolute atomic E-state index is 0.0374. The molecule has 1 heterocycles. The molecule has 1 saturated heterocycles. The normalized spacial score (nSPS) is 27.5. The molecule has 2 nitrogen and oxygen atoms in total. The molecular weight excluding hydrogens is 162 g/mol. The molecule has 13 heavy (non-hydrogen) atoms. The zero-order chi connectivity index (χ0) is 10.1. The van der Waals surface area contributed by atoms with Gasteiger partial charge in [0.25, 0.3) is 0 Å². The number of rotatable bonds is 2. The van der Waals surface area contributed by atoms with Gasteiger partial charge in [-0.25, -0.2) is 0 Å². The highest BCUT2D eigenvalue weighted by Crippen LogP contribution is 2.40. The first-order chi connectivity index (χ1) is 5.98. The molecule has 0 bridgehead atoms. The molecule has 1 aliphatic rings. The number of hydrogen-bond acceptors (Lipinski definition) is 2. The molecule has 0 spiro atoms. The number of hydroxylamine groups is 2. The standard InChI is InChI=1S/C11H23NO/c1-5-11(6-2)9-7-8-10(3,4)12(11)13/h13H,5-9H2,1-4H3. The molecule has 0 aromatic heterocycles. The van der Waals surface area contributed by atoms with E-state index in [1.54, 1.807) is 5.06 Å². The Hall–Kier alpha value is -0.0800. The Labute approximate surface area is 81.9 Å². The van der Waals surface area contributed by atoms with Gasteiger partial charge < -0.3 is 5.21 Å². The first-order valence-corrected chi connectivity index (χ1v) is 5.48. The van der Waals surface area contributed by atoms with Crippen LogP contribution in [0.2, 0.25) is 0 Å². The zero-order valence-electron chi connectivity index (χ0n) is 9.43. The predicted molar refractivity (Wildman–Crippen MR) is 54.9 cm³/mol. The second-order valence-corrected chi connectivity index (χ2v) is 4.91. The average Bonchev–Trinajstić information content (AvgIpc) is 2.10. The lowest BCUT2D eigenvalue weighted by Crippen LogP contribution is -2.59. The average molecular weight is 185 g/mol. The fourth-order valence-corrected chi connectivity index (χ4v) is 2.61. The highest BCUT2D eigenvalue weighted by atomic mass is 16.5. The molecular formula is C11H23NO. The van der Waals surface area contributed by atoms with Crippen molar-refractivity contribution in [3.63, 3.8) is 0 Å². The van der Waals surface area contributed by atoms with E-state index >= 15 is 0 Å². The summed E-state index contributed by atoms with van der Waals surface area (Å²) in [5.41, 5.74) is 0.00597. The van der Waals surface area contributed by atoms with E-state index < -0.39 is 0 Å². The minimum Gasteiger partial charge on any atom is -0.313 e. The molecule has 78 valence electrons. The van der Waals surface area contributed by atoms with Gasteiger partial charge in [0.1, 0.15) is 0 Å². The number of piperidine rings is 1. The molecule has 0 amide bonds. The van der Waals surface area contributed by atoms with Crippen molar-refractivity contribution >= 4 is 0 Å². The fraction of sp³-hybridized carbons (Fsp3) is 1.00. The van der Waals surface area contributed by atoms with E-state index in [0.29, 0.717) is 0 Å². The van der Waals surface area contributed by atoms with Gasteiger partial charge in [-0.15, -0.1) is 0 Å². The third kappa shape index (κ3) is 1.75. The van der Waals surface area contributed by atoms with Crippen LogP contribution in [0, 0.1) is 0 Å². The lowest BCUT2D eigenvalue weighted by atomic mass is 9.77. The maximum absolute atomic E-state index is 10.2. The van der Waals surface area contributed by atoms with Crippen molar-refractivity contribution in [2.24, 2.45) is 0 Å². The van der Waals surface area contributed by atoms with Gasteiger partial charge in [-0.3, -0.25) is 0 Å². The second-order valence-electron chi connectivity index (χ2n) is 4.91. The summed E-state index contributed by atoms with van der Waals surface area (Å²) in [6, 6.07) is 0. The van der Waals surface area contributed by atoms with Crippen LogP contribution in [0.3, 0.4) is 0 Å². The predicted octanol–water partition coefficient (Wildman–Crippen LogP) is 3.20. The number of nitrogens with zero attached hydrogens (tertiary/aromatic N) is 1. The molecule has 2 heteroatoms. The van der Waals surface area contributed by atoms with E-state index in [9.17, 15) is 5.21 Å². The Morgan fingerprint density at radius 2 is 1.69 bits per heavy atom. The van der Waals surface area contributed by atoms with Crippen molar-refractivity contribution in [3.05, 3.63) is 0 Å². The van der Waals surface area contributed by atoms with Gasteiger partial charge in [0, 0.05) is 11.1 Å². The summed E-state index contributed by atoms with van der Waals surface area (Å²) in [5, 5.41) is 11.8. The Balaban J connectivity index is 2.85. The lowest BCUT2D eigenvalue weighted by molar-refractivity contribution is -0.254. The fourth-order valence-electron chi connectivity index (χ4n) is 2.61. The molecule has 1 fully saturated rings. The SMILES string of the molecule is CCC1(CC)CCCC(C)(C)N1O. The monoisotopic (exact) mass is 185 g/mol. The van der Waals surface area contributed by atoms with Gasteiger partial charge in [0.2, 0.25) is 0 Å². The van der Waals surface area contributed by atoms with Crippen LogP contribution in [0.5, 0.6) is 0 Å². The van der Waals surface area contributed by atoms with E-state index in [2.05, 4.69) is 27.7 Å². The van der Waals surface area contributed by atoms with E-state index in [-0.39, 0.29) is 11.1 Å².